The van der Waals surface area contributed by atoms with Gasteiger partial charge in [-0.2, -0.15) is 0 Å². The van der Waals surface area contributed by atoms with Crippen molar-refractivity contribution in [2.45, 2.75) is 42.2 Å². The molecular weight excluding hydrogens is 573 g/mol. The molecule has 2 atom stereocenters. The van der Waals surface area contributed by atoms with Crippen LogP contribution in [0.2, 0.25) is 10.0 Å². The van der Waals surface area contributed by atoms with Gasteiger partial charge in [0.25, 0.3) is 0 Å². The average Bonchev–Trinajstić information content (AvgIpc) is 2.87. The van der Waals surface area contributed by atoms with Crippen LogP contribution in [-0.4, -0.2) is 45.3 Å². The molecule has 0 saturated carbocycles. The standard InChI is InChI=1S/C27H29Cl2NO6S.ClH/c1-3-35-27(32)17-36-26-12-11-23(15-24(26)29)37(33,34)22-9-7-19(8-10-22)13-18(2)30-16-25(31)20-5-4-6-21(28)14-20;/h4-12,14-15,18,25,30-31H,3,13,16-17H2,1-2H3;1H/t18-,25+;/m1./s1. The van der Waals surface area contributed by atoms with Crippen LogP contribution in [0.15, 0.2) is 76.5 Å². The Balaban J connectivity index is 0.00000507. The highest BCUT2D eigenvalue weighted by atomic mass is 35.5. The second kappa shape index (κ2) is 14.7. The van der Waals surface area contributed by atoms with Gasteiger partial charge in [0.1, 0.15) is 5.75 Å². The minimum absolute atomic E-state index is 0. The smallest absolute Gasteiger partial charge is 0.344 e. The molecule has 0 radical (unpaired) electrons. The molecule has 0 bridgehead atoms. The number of hydrogen-bond donors (Lipinski definition) is 2. The molecule has 0 aliphatic carbocycles. The number of sulfone groups is 1. The third kappa shape index (κ3) is 8.86. The fourth-order valence-electron chi connectivity index (χ4n) is 3.62. The summed E-state index contributed by atoms with van der Waals surface area (Å²) in [6.07, 6.45) is -0.0524. The molecule has 7 nitrogen and oxygen atoms in total. The van der Waals surface area contributed by atoms with Crippen LogP contribution < -0.4 is 10.1 Å². The first kappa shape index (κ1) is 31.9. The van der Waals surface area contributed by atoms with Crippen molar-refractivity contribution in [2.24, 2.45) is 0 Å². The first-order chi connectivity index (χ1) is 17.6. The van der Waals surface area contributed by atoms with Gasteiger partial charge < -0.3 is 19.9 Å². The number of halogens is 3. The minimum atomic E-state index is -3.81. The van der Waals surface area contributed by atoms with Crippen LogP contribution in [0.4, 0.5) is 0 Å². The van der Waals surface area contributed by atoms with E-state index < -0.39 is 21.9 Å². The third-order valence-corrected chi connectivity index (χ3v) is 7.83. The fourth-order valence-corrected chi connectivity index (χ4v) is 5.40. The van der Waals surface area contributed by atoms with E-state index in [2.05, 4.69) is 5.32 Å². The summed E-state index contributed by atoms with van der Waals surface area (Å²) in [5.74, 6) is -0.358. The summed E-state index contributed by atoms with van der Waals surface area (Å²) in [7, 11) is -3.81. The second-order valence-corrected chi connectivity index (χ2v) is 11.2. The van der Waals surface area contributed by atoms with Crippen molar-refractivity contribution in [3.05, 3.63) is 87.9 Å². The highest BCUT2D eigenvalue weighted by Gasteiger charge is 2.20. The van der Waals surface area contributed by atoms with Gasteiger partial charge in [0, 0.05) is 17.6 Å². The number of carbonyl (C=O) groups excluding carboxylic acids is 1. The molecule has 0 saturated heterocycles. The lowest BCUT2D eigenvalue weighted by Crippen LogP contribution is -2.32. The first-order valence-electron chi connectivity index (χ1n) is 11.7. The number of benzene rings is 3. The Morgan fingerprint density at radius 3 is 2.34 bits per heavy atom. The molecule has 0 aromatic heterocycles. The maximum Gasteiger partial charge on any atom is 0.344 e. The summed E-state index contributed by atoms with van der Waals surface area (Å²) in [5.41, 5.74) is 1.68. The van der Waals surface area contributed by atoms with E-state index >= 15 is 0 Å². The number of nitrogens with one attached hydrogen (secondary N) is 1. The largest absolute Gasteiger partial charge is 0.480 e. The summed E-state index contributed by atoms with van der Waals surface area (Å²) in [6, 6.07) is 17.9. The molecule has 0 aliphatic rings. The summed E-state index contributed by atoms with van der Waals surface area (Å²) in [4.78, 5) is 11.6. The predicted octanol–water partition coefficient (Wildman–Crippen LogP) is 5.44. The highest BCUT2D eigenvalue weighted by molar-refractivity contribution is 7.91. The number of carbonyl (C=O) groups is 1. The van der Waals surface area contributed by atoms with E-state index in [9.17, 15) is 18.3 Å². The quantitative estimate of drug-likeness (QED) is 0.266. The van der Waals surface area contributed by atoms with E-state index in [1.165, 1.54) is 18.2 Å². The number of ether oxygens (including phenoxy) is 2. The van der Waals surface area contributed by atoms with Crippen molar-refractivity contribution in [1.29, 1.82) is 0 Å². The van der Waals surface area contributed by atoms with Crippen LogP contribution in [0.1, 0.15) is 31.1 Å². The van der Waals surface area contributed by atoms with Gasteiger partial charge >= 0.3 is 5.97 Å². The Bertz CT molecular complexity index is 1320. The van der Waals surface area contributed by atoms with Crippen molar-refractivity contribution in [1.82, 2.24) is 5.32 Å². The van der Waals surface area contributed by atoms with E-state index in [0.29, 0.717) is 18.0 Å². The summed E-state index contributed by atoms with van der Waals surface area (Å²) in [5, 5.41) is 14.3. The van der Waals surface area contributed by atoms with Crippen molar-refractivity contribution in [2.75, 3.05) is 19.8 Å². The van der Waals surface area contributed by atoms with Gasteiger partial charge in [-0.1, -0.05) is 47.5 Å². The summed E-state index contributed by atoms with van der Waals surface area (Å²) in [6.45, 7) is 3.93. The number of rotatable bonds is 12. The van der Waals surface area contributed by atoms with E-state index in [4.69, 9.17) is 32.7 Å². The zero-order chi connectivity index (χ0) is 27.0. The minimum Gasteiger partial charge on any atom is -0.480 e. The Morgan fingerprint density at radius 2 is 1.71 bits per heavy atom. The molecule has 0 amide bonds. The first-order valence-corrected chi connectivity index (χ1v) is 13.9. The zero-order valence-electron chi connectivity index (χ0n) is 20.9. The van der Waals surface area contributed by atoms with Crippen molar-refractivity contribution < 1.29 is 27.8 Å². The van der Waals surface area contributed by atoms with Crippen LogP contribution in [-0.2, 0) is 25.8 Å². The lowest BCUT2D eigenvalue weighted by Gasteiger charge is -2.18. The molecule has 0 aliphatic heterocycles. The van der Waals surface area contributed by atoms with Crippen LogP contribution in [0.5, 0.6) is 5.75 Å². The van der Waals surface area contributed by atoms with Gasteiger partial charge in [-0.3, -0.25) is 0 Å². The monoisotopic (exact) mass is 601 g/mol. The van der Waals surface area contributed by atoms with E-state index in [0.717, 1.165) is 11.1 Å². The molecule has 2 N–H and O–H groups in total. The van der Waals surface area contributed by atoms with E-state index in [-0.39, 0.29) is 52.2 Å². The number of hydrogen-bond acceptors (Lipinski definition) is 7. The van der Waals surface area contributed by atoms with E-state index in [1.54, 1.807) is 49.4 Å². The van der Waals surface area contributed by atoms with Crippen LogP contribution in [0.3, 0.4) is 0 Å². The Morgan fingerprint density at radius 1 is 1.03 bits per heavy atom. The molecule has 3 aromatic rings. The average molecular weight is 603 g/mol. The highest BCUT2D eigenvalue weighted by Crippen LogP contribution is 2.30. The topological polar surface area (TPSA) is 102 Å². The number of aliphatic hydroxyl groups is 1. The summed E-state index contributed by atoms with van der Waals surface area (Å²) >= 11 is 12.2. The SMILES string of the molecule is CCOC(=O)COc1ccc(S(=O)(=O)c2ccc(C[C@@H](C)NC[C@H](O)c3cccc(Cl)c3)cc2)cc1Cl.Cl. The second-order valence-electron chi connectivity index (χ2n) is 8.42. The Labute approximate surface area is 239 Å². The van der Waals surface area contributed by atoms with Gasteiger partial charge in [0.05, 0.1) is 27.5 Å². The zero-order valence-corrected chi connectivity index (χ0v) is 24.0. The van der Waals surface area contributed by atoms with Crippen LogP contribution in [0.25, 0.3) is 0 Å². The van der Waals surface area contributed by atoms with Crippen LogP contribution >= 0.6 is 35.6 Å². The molecule has 206 valence electrons. The molecular formula is C27H30Cl3NO6S. The molecule has 0 fully saturated rings. The van der Waals surface area contributed by atoms with Crippen LogP contribution in [0, 0.1) is 0 Å². The lowest BCUT2D eigenvalue weighted by atomic mass is 10.1. The van der Waals surface area contributed by atoms with Gasteiger partial charge in [-0.25, -0.2) is 13.2 Å². The van der Waals surface area contributed by atoms with Gasteiger partial charge in [-0.15, -0.1) is 12.4 Å². The van der Waals surface area contributed by atoms with Gasteiger partial charge in [-0.05, 0) is 73.9 Å². The molecule has 3 aromatic carbocycles. The maximum atomic E-state index is 13.1. The Kier molecular flexibility index (Phi) is 12.4. The van der Waals surface area contributed by atoms with Gasteiger partial charge in [0.2, 0.25) is 9.84 Å². The van der Waals surface area contributed by atoms with Crippen molar-refractivity contribution >= 4 is 51.4 Å². The normalized spacial score (nSPS) is 12.8. The molecule has 0 spiro atoms. The molecule has 0 unspecified atom stereocenters. The molecule has 38 heavy (non-hydrogen) atoms. The summed E-state index contributed by atoms with van der Waals surface area (Å²) < 4.78 is 36.3. The Hall–Kier alpha value is -2.33. The van der Waals surface area contributed by atoms with Crippen molar-refractivity contribution in [3.8, 4) is 5.75 Å². The number of esters is 1. The lowest BCUT2D eigenvalue weighted by molar-refractivity contribution is -0.145. The van der Waals surface area contributed by atoms with Crippen molar-refractivity contribution in [3.63, 3.8) is 0 Å². The molecule has 3 rings (SSSR count). The van der Waals surface area contributed by atoms with Gasteiger partial charge in [0.15, 0.2) is 6.61 Å². The number of aliphatic hydroxyl groups excluding tert-OH is 1. The van der Waals surface area contributed by atoms with E-state index in [1.807, 2.05) is 13.0 Å². The predicted molar refractivity (Wildman–Crippen MR) is 150 cm³/mol. The molecule has 11 heteroatoms. The molecule has 0 heterocycles. The maximum absolute atomic E-state index is 13.1. The third-order valence-electron chi connectivity index (χ3n) is 5.53. The fraction of sp³-hybridized carbons (Fsp3) is 0.296.